The Morgan fingerprint density at radius 3 is 3.08 bits per heavy atom. The highest BCUT2D eigenvalue weighted by Crippen LogP contribution is 2.09. The monoisotopic (exact) mass is 161 g/mol. The minimum absolute atomic E-state index is 0.153. The van der Waals surface area contributed by atoms with Crippen LogP contribution in [0.15, 0.2) is 29.2 Å². The topological polar surface area (TPSA) is 71.8 Å². The highest BCUT2D eigenvalue weighted by molar-refractivity contribution is 5.77. The standard InChI is InChI=1S/C8H7N3O/c9-6-3-5-1-2-7(12)11-8(5)10-4-6/h1-4H,9H2,(H,10,11,12). The van der Waals surface area contributed by atoms with Crippen LogP contribution in [0.1, 0.15) is 0 Å². The summed E-state index contributed by atoms with van der Waals surface area (Å²) < 4.78 is 0. The van der Waals surface area contributed by atoms with Crippen LogP contribution in [0.5, 0.6) is 0 Å². The number of rotatable bonds is 0. The molecular formula is C8H7N3O. The molecule has 0 spiro atoms. The van der Waals surface area contributed by atoms with Crippen LogP contribution in [0.3, 0.4) is 0 Å². The molecule has 4 heteroatoms. The molecule has 4 nitrogen and oxygen atoms in total. The molecule has 0 amide bonds. The average Bonchev–Trinajstić information content (AvgIpc) is 2.05. The average molecular weight is 161 g/mol. The second kappa shape index (κ2) is 2.34. The molecule has 0 aromatic carbocycles. The van der Waals surface area contributed by atoms with E-state index in [1.54, 1.807) is 12.1 Å². The number of hydrogen-bond acceptors (Lipinski definition) is 3. The molecule has 2 aromatic heterocycles. The molecule has 0 saturated carbocycles. The number of aromatic nitrogens is 2. The molecule has 12 heavy (non-hydrogen) atoms. The summed E-state index contributed by atoms with van der Waals surface area (Å²) in [6.45, 7) is 0. The van der Waals surface area contributed by atoms with E-state index in [0.717, 1.165) is 5.39 Å². The van der Waals surface area contributed by atoms with Crippen molar-refractivity contribution in [2.24, 2.45) is 0 Å². The molecular weight excluding hydrogens is 154 g/mol. The van der Waals surface area contributed by atoms with Gasteiger partial charge < -0.3 is 10.7 Å². The zero-order valence-electron chi connectivity index (χ0n) is 6.24. The second-order valence-electron chi connectivity index (χ2n) is 2.53. The predicted octanol–water partition coefficient (Wildman–Crippen LogP) is 0.505. The van der Waals surface area contributed by atoms with Gasteiger partial charge in [-0.3, -0.25) is 4.79 Å². The van der Waals surface area contributed by atoms with E-state index < -0.39 is 0 Å². The van der Waals surface area contributed by atoms with E-state index in [0.29, 0.717) is 11.3 Å². The van der Waals surface area contributed by atoms with Crippen LogP contribution < -0.4 is 11.3 Å². The summed E-state index contributed by atoms with van der Waals surface area (Å²) in [6.07, 6.45) is 1.51. The number of fused-ring (bicyclic) bond motifs is 1. The molecule has 2 aromatic rings. The zero-order valence-corrected chi connectivity index (χ0v) is 6.24. The van der Waals surface area contributed by atoms with Crippen LogP contribution >= 0.6 is 0 Å². The predicted molar refractivity (Wildman–Crippen MR) is 46.8 cm³/mol. The molecule has 0 saturated heterocycles. The Labute approximate surface area is 68.1 Å². The van der Waals surface area contributed by atoms with E-state index in [2.05, 4.69) is 9.97 Å². The Balaban J connectivity index is 2.87. The lowest BCUT2D eigenvalue weighted by Crippen LogP contribution is -2.03. The molecule has 0 atom stereocenters. The maximum absolute atomic E-state index is 10.8. The van der Waals surface area contributed by atoms with Gasteiger partial charge in [-0.15, -0.1) is 0 Å². The van der Waals surface area contributed by atoms with E-state index in [1.165, 1.54) is 12.3 Å². The normalized spacial score (nSPS) is 10.3. The highest BCUT2D eigenvalue weighted by Gasteiger charge is 1.94. The van der Waals surface area contributed by atoms with Crippen molar-refractivity contribution in [1.29, 1.82) is 0 Å². The van der Waals surface area contributed by atoms with E-state index in [4.69, 9.17) is 5.73 Å². The molecule has 0 fully saturated rings. The third kappa shape index (κ3) is 1.03. The molecule has 2 rings (SSSR count). The molecule has 0 aliphatic rings. The third-order valence-electron chi connectivity index (χ3n) is 1.59. The third-order valence-corrected chi connectivity index (χ3v) is 1.59. The minimum Gasteiger partial charge on any atom is -0.397 e. The summed E-state index contributed by atoms with van der Waals surface area (Å²) in [4.78, 5) is 17.4. The van der Waals surface area contributed by atoms with Gasteiger partial charge in [0.2, 0.25) is 5.56 Å². The molecule has 0 bridgehead atoms. The summed E-state index contributed by atoms with van der Waals surface area (Å²) >= 11 is 0. The van der Waals surface area contributed by atoms with E-state index in [1.807, 2.05) is 0 Å². The molecule has 2 heterocycles. The maximum Gasteiger partial charge on any atom is 0.249 e. The first kappa shape index (κ1) is 6.84. The van der Waals surface area contributed by atoms with Crippen molar-refractivity contribution in [3.8, 4) is 0 Å². The van der Waals surface area contributed by atoms with Crippen molar-refractivity contribution in [1.82, 2.24) is 9.97 Å². The van der Waals surface area contributed by atoms with Gasteiger partial charge in [-0.05, 0) is 12.1 Å². The summed E-state index contributed by atoms with van der Waals surface area (Å²) in [5.74, 6) is 0. The Kier molecular flexibility index (Phi) is 1.33. The Hall–Kier alpha value is -1.84. The summed E-state index contributed by atoms with van der Waals surface area (Å²) in [5, 5.41) is 0.842. The minimum atomic E-state index is -0.153. The van der Waals surface area contributed by atoms with E-state index >= 15 is 0 Å². The zero-order chi connectivity index (χ0) is 8.55. The first-order chi connectivity index (χ1) is 5.75. The quantitative estimate of drug-likeness (QED) is 0.591. The molecule has 3 N–H and O–H groups in total. The van der Waals surface area contributed by atoms with Gasteiger partial charge in [0.25, 0.3) is 0 Å². The van der Waals surface area contributed by atoms with Crippen LogP contribution in [-0.2, 0) is 0 Å². The Morgan fingerprint density at radius 2 is 2.25 bits per heavy atom. The van der Waals surface area contributed by atoms with Crippen LogP contribution in [0.4, 0.5) is 5.69 Å². The molecule has 0 aliphatic heterocycles. The number of nitrogen functional groups attached to an aromatic ring is 1. The van der Waals surface area contributed by atoms with Crippen LogP contribution in [-0.4, -0.2) is 9.97 Å². The summed E-state index contributed by atoms with van der Waals surface area (Å²) in [6, 6.07) is 4.90. The van der Waals surface area contributed by atoms with Gasteiger partial charge >= 0.3 is 0 Å². The fourth-order valence-electron chi connectivity index (χ4n) is 1.05. The first-order valence-corrected chi connectivity index (χ1v) is 3.50. The van der Waals surface area contributed by atoms with Crippen molar-refractivity contribution in [3.63, 3.8) is 0 Å². The van der Waals surface area contributed by atoms with E-state index in [9.17, 15) is 4.79 Å². The van der Waals surface area contributed by atoms with Crippen molar-refractivity contribution >= 4 is 16.7 Å². The number of pyridine rings is 2. The number of nitrogens with two attached hydrogens (primary N) is 1. The van der Waals surface area contributed by atoms with Gasteiger partial charge in [-0.1, -0.05) is 0 Å². The lowest BCUT2D eigenvalue weighted by atomic mass is 10.3. The van der Waals surface area contributed by atoms with E-state index in [-0.39, 0.29) is 5.56 Å². The van der Waals surface area contributed by atoms with Gasteiger partial charge in [0.15, 0.2) is 0 Å². The van der Waals surface area contributed by atoms with Crippen molar-refractivity contribution < 1.29 is 0 Å². The summed E-state index contributed by atoms with van der Waals surface area (Å²) in [7, 11) is 0. The number of hydrogen-bond donors (Lipinski definition) is 2. The number of aromatic amines is 1. The Bertz CT molecular complexity index is 475. The van der Waals surface area contributed by atoms with Crippen molar-refractivity contribution in [2.75, 3.05) is 5.73 Å². The second-order valence-corrected chi connectivity index (χ2v) is 2.53. The smallest absolute Gasteiger partial charge is 0.249 e. The maximum atomic E-state index is 10.8. The van der Waals surface area contributed by atoms with Crippen molar-refractivity contribution in [2.45, 2.75) is 0 Å². The number of nitrogens with one attached hydrogen (secondary N) is 1. The number of H-pyrrole nitrogens is 1. The van der Waals surface area contributed by atoms with Gasteiger partial charge in [0, 0.05) is 11.5 Å². The molecule has 0 unspecified atom stereocenters. The van der Waals surface area contributed by atoms with Crippen LogP contribution in [0.2, 0.25) is 0 Å². The fraction of sp³-hybridized carbons (Fsp3) is 0. The van der Waals surface area contributed by atoms with Gasteiger partial charge in [-0.25, -0.2) is 4.98 Å². The largest absolute Gasteiger partial charge is 0.397 e. The summed E-state index contributed by atoms with van der Waals surface area (Å²) in [5.41, 5.74) is 6.51. The molecule has 0 radical (unpaired) electrons. The highest BCUT2D eigenvalue weighted by atomic mass is 16.1. The van der Waals surface area contributed by atoms with Gasteiger partial charge in [0.1, 0.15) is 5.65 Å². The number of anilines is 1. The van der Waals surface area contributed by atoms with Crippen LogP contribution in [0.25, 0.3) is 11.0 Å². The fourth-order valence-corrected chi connectivity index (χ4v) is 1.05. The van der Waals surface area contributed by atoms with Crippen LogP contribution in [0, 0.1) is 0 Å². The van der Waals surface area contributed by atoms with Gasteiger partial charge in [0.05, 0.1) is 11.9 Å². The SMILES string of the molecule is Nc1cnc2[nH]c(=O)ccc2c1. The lowest BCUT2D eigenvalue weighted by Gasteiger charge is -1.96. The Morgan fingerprint density at radius 1 is 1.42 bits per heavy atom. The van der Waals surface area contributed by atoms with Crippen molar-refractivity contribution in [3.05, 3.63) is 34.7 Å². The lowest BCUT2D eigenvalue weighted by molar-refractivity contribution is 1.23. The number of nitrogens with zero attached hydrogens (tertiary/aromatic N) is 1. The molecule has 60 valence electrons. The van der Waals surface area contributed by atoms with Gasteiger partial charge in [-0.2, -0.15) is 0 Å². The first-order valence-electron chi connectivity index (χ1n) is 3.50. The molecule has 0 aliphatic carbocycles.